The molecule has 1 aromatic carbocycles. The Balaban J connectivity index is 2.02. The van der Waals surface area contributed by atoms with Crippen molar-refractivity contribution in [3.8, 4) is 11.4 Å². The summed E-state index contributed by atoms with van der Waals surface area (Å²) in [6.07, 6.45) is -4.94. The van der Waals surface area contributed by atoms with E-state index in [9.17, 15) is 27.2 Å². The SMILES string of the molecule is CC(C)c1cc(COc2cc(-n3c(=O)cc(C(F)(F)F)n(C)c3=O)c(F)cc2Cl)on1. The van der Waals surface area contributed by atoms with Crippen LogP contribution in [0.25, 0.3) is 5.69 Å². The molecule has 0 N–H and O–H groups in total. The summed E-state index contributed by atoms with van der Waals surface area (Å²) in [4.78, 5) is 24.7. The van der Waals surface area contributed by atoms with Crippen LogP contribution in [-0.4, -0.2) is 14.3 Å². The second kappa shape index (κ2) is 8.22. The third-order valence-corrected chi connectivity index (χ3v) is 4.69. The average Bonchev–Trinajstić information content (AvgIpc) is 3.14. The lowest BCUT2D eigenvalue weighted by atomic mass is 10.1. The van der Waals surface area contributed by atoms with E-state index < -0.39 is 34.6 Å². The highest BCUT2D eigenvalue weighted by molar-refractivity contribution is 6.32. The number of hydrogen-bond donors (Lipinski definition) is 0. The van der Waals surface area contributed by atoms with Gasteiger partial charge in [-0.05, 0) is 12.0 Å². The van der Waals surface area contributed by atoms with E-state index in [-0.39, 0.29) is 38.5 Å². The standard InChI is InChI=1S/C19H16ClF4N3O4/c1-9(2)13-4-10(31-25-13)8-30-15-6-14(12(21)5-11(15)20)27-17(28)7-16(19(22,23)24)26(3)18(27)29/h4-7,9H,8H2,1-3H3. The van der Waals surface area contributed by atoms with Gasteiger partial charge in [0.25, 0.3) is 5.56 Å². The van der Waals surface area contributed by atoms with Gasteiger partial charge in [0.05, 0.1) is 16.4 Å². The molecule has 0 fully saturated rings. The molecule has 0 spiro atoms. The lowest BCUT2D eigenvalue weighted by molar-refractivity contribution is -0.144. The van der Waals surface area contributed by atoms with Crippen LogP contribution in [0.4, 0.5) is 17.6 Å². The molecule has 7 nitrogen and oxygen atoms in total. The van der Waals surface area contributed by atoms with Crippen LogP contribution in [0.15, 0.2) is 38.4 Å². The van der Waals surface area contributed by atoms with Crippen LogP contribution >= 0.6 is 11.6 Å². The Bertz CT molecular complexity index is 1240. The van der Waals surface area contributed by atoms with Crippen molar-refractivity contribution in [2.45, 2.75) is 32.5 Å². The summed E-state index contributed by atoms with van der Waals surface area (Å²) in [6.45, 7) is 3.67. The topological polar surface area (TPSA) is 79.3 Å². The van der Waals surface area contributed by atoms with Gasteiger partial charge in [-0.25, -0.2) is 13.8 Å². The maximum absolute atomic E-state index is 14.5. The quantitative estimate of drug-likeness (QED) is 0.536. The van der Waals surface area contributed by atoms with Crippen LogP contribution in [-0.2, 0) is 19.8 Å². The van der Waals surface area contributed by atoms with E-state index in [0.29, 0.717) is 11.5 Å². The Morgan fingerprint density at radius 1 is 1.19 bits per heavy atom. The van der Waals surface area contributed by atoms with E-state index in [1.165, 1.54) is 0 Å². The van der Waals surface area contributed by atoms with Crippen LogP contribution in [0.1, 0.15) is 36.9 Å². The fourth-order valence-electron chi connectivity index (χ4n) is 2.74. The van der Waals surface area contributed by atoms with E-state index in [0.717, 1.165) is 19.2 Å². The molecule has 0 aliphatic carbocycles. The van der Waals surface area contributed by atoms with E-state index in [1.54, 1.807) is 6.07 Å². The molecule has 0 saturated heterocycles. The average molecular weight is 462 g/mol. The molecule has 3 aromatic rings. The third-order valence-electron chi connectivity index (χ3n) is 4.39. The molecule has 2 heterocycles. The lowest BCUT2D eigenvalue weighted by Crippen LogP contribution is -2.41. The molecule has 0 aliphatic rings. The van der Waals surface area contributed by atoms with Gasteiger partial charge < -0.3 is 9.26 Å². The number of alkyl halides is 3. The van der Waals surface area contributed by atoms with Gasteiger partial charge in [0.2, 0.25) is 0 Å². The predicted molar refractivity (Wildman–Crippen MR) is 102 cm³/mol. The van der Waals surface area contributed by atoms with Crippen molar-refractivity contribution < 1.29 is 26.8 Å². The Labute approximate surface area is 177 Å². The van der Waals surface area contributed by atoms with E-state index in [2.05, 4.69) is 5.16 Å². The van der Waals surface area contributed by atoms with E-state index in [4.69, 9.17) is 20.9 Å². The van der Waals surface area contributed by atoms with Crippen molar-refractivity contribution >= 4 is 11.6 Å². The molecule has 31 heavy (non-hydrogen) atoms. The highest BCUT2D eigenvalue weighted by Crippen LogP contribution is 2.31. The van der Waals surface area contributed by atoms with Gasteiger partial charge in [0.15, 0.2) is 5.76 Å². The second-order valence-electron chi connectivity index (χ2n) is 6.94. The summed E-state index contributed by atoms with van der Waals surface area (Å²) in [5.74, 6) is -0.762. The molecule has 0 unspecified atom stereocenters. The van der Waals surface area contributed by atoms with Gasteiger partial charge in [-0.2, -0.15) is 13.2 Å². The second-order valence-corrected chi connectivity index (χ2v) is 7.35. The normalized spacial score (nSPS) is 11.9. The number of nitrogens with zero attached hydrogens (tertiary/aromatic N) is 3. The minimum Gasteiger partial charge on any atom is -0.484 e. The smallest absolute Gasteiger partial charge is 0.431 e. The van der Waals surface area contributed by atoms with Crippen molar-refractivity contribution in [3.05, 3.63) is 73.1 Å². The van der Waals surface area contributed by atoms with Crippen LogP contribution in [0.5, 0.6) is 5.75 Å². The Morgan fingerprint density at radius 3 is 2.45 bits per heavy atom. The molecule has 0 bridgehead atoms. The molecule has 0 atom stereocenters. The van der Waals surface area contributed by atoms with Crippen LogP contribution in [0, 0.1) is 5.82 Å². The number of ether oxygens (including phenoxy) is 1. The first-order valence-corrected chi connectivity index (χ1v) is 9.26. The van der Waals surface area contributed by atoms with Crippen molar-refractivity contribution in [2.24, 2.45) is 7.05 Å². The zero-order valence-electron chi connectivity index (χ0n) is 16.5. The van der Waals surface area contributed by atoms with Crippen LogP contribution < -0.4 is 16.0 Å². The first kappa shape index (κ1) is 22.6. The fourth-order valence-corrected chi connectivity index (χ4v) is 2.94. The summed E-state index contributed by atoms with van der Waals surface area (Å²) >= 11 is 5.98. The van der Waals surface area contributed by atoms with Crippen LogP contribution in [0.2, 0.25) is 5.02 Å². The Morgan fingerprint density at radius 2 is 1.87 bits per heavy atom. The number of halogens is 5. The summed E-state index contributed by atoms with van der Waals surface area (Å²) in [5.41, 5.74) is -4.14. The van der Waals surface area contributed by atoms with Gasteiger partial charge in [0.1, 0.15) is 23.9 Å². The number of aromatic nitrogens is 3. The van der Waals surface area contributed by atoms with Crippen LogP contribution in [0.3, 0.4) is 0 Å². The molecule has 0 saturated carbocycles. The molecule has 0 radical (unpaired) electrons. The first-order chi connectivity index (χ1) is 14.4. The van der Waals surface area contributed by atoms with Gasteiger partial charge in [-0.1, -0.05) is 30.6 Å². The summed E-state index contributed by atoms with van der Waals surface area (Å²) in [6, 6.07) is 3.60. The van der Waals surface area contributed by atoms with Gasteiger partial charge in [0, 0.05) is 25.2 Å². The molecule has 0 aliphatic heterocycles. The van der Waals surface area contributed by atoms with Gasteiger partial charge in [-0.15, -0.1) is 0 Å². The maximum atomic E-state index is 14.5. The highest BCUT2D eigenvalue weighted by Gasteiger charge is 2.35. The number of benzene rings is 1. The summed E-state index contributed by atoms with van der Waals surface area (Å²) in [7, 11) is 0.822. The number of rotatable bonds is 5. The Hall–Kier alpha value is -3.08. The molecule has 3 rings (SSSR count). The molecular weight excluding hydrogens is 446 g/mol. The molecule has 166 valence electrons. The third kappa shape index (κ3) is 4.50. The van der Waals surface area contributed by atoms with E-state index in [1.807, 2.05) is 13.8 Å². The predicted octanol–water partition coefficient (Wildman–Crippen LogP) is 4.04. The zero-order valence-corrected chi connectivity index (χ0v) is 17.2. The van der Waals surface area contributed by atoms with Crippen molar-refractivity contribution in [3.63, 3.8) is 0 Å². The summed E-state index contributed by atoms with van der Waals surface area (Å²) < 4.78 is 64.6. The lowest BCUT2D eigenvalue weighted by Gasteiger charge is -2.15. The minimum atomic E-state index is -4.94. The van der Waals surface area contributed by atoms with E-state index >= 15 is 0 Å². The molecule has 0 amide bonds. The highest BCUT2D eigenvalue weighted by atomic mass is 35.5. The van der Waals surface area contributed by atoms with Crippen molar-refractivity contribution in [2.75, 3.05) is 0 Å². The molecular formula is C19H16ClF4N3O4. The zero-order chi connectivity index (χ0) is 23.1. The number of hydrogen-bond acceptors (Lipinski definition) is 5. The molecule has 12 heteroatoms. The van der Waals surface area contributed by atoms with Gasteiger partial charge in [-0.3, -0.25) is 9.36 Å². The largest absolute Gasteiger partial charge is 0.484 e. The monoisotopic (exact) mass is 461 g/mol. The first-order valence-electron chi connectivity index (χ1n) is 8.88. The van der Waals surface area contributed by atoms with Crippen molar-refractivity contribution in [1.29, 1.82) is 0 Å². The van der Waals surface area contributed by atoms with Crippen molar-refractivity contribution in [1.82, 2.24) is 14.3 Å². The Kier molecular flexibility index (Phi) is 5.99. The fraction of sp³-hybridized carbons (Fsp3) is 0.316. The minimum absolute atomic E-state index is 0.112. The van der Waals surface area contributed by atoms with Gasteiger partial charge >= 0.3 is 11.9 Å². The molecule has 2 aromatic heterocycles. The maximum Gasteiger partial charge on any atom is 0.431 e. The summed E-state index contributed by atoms with van der Waals surface area (Å²) in [5, 5.41) is 3.68.